The van der Waals surface area contributed by atoms with E-state index in [0.29, 0.717) is 5.41 Å². The van der Waals surface area contributed by atoms with Gasteiger partial charge in [0.1, 0.15) is 0 Å². The highest BCUT2D eigenvalue weighted by Crippen LogP contribution is 2.64. The van der Waals surface area contributed by atoms with Crippen LogP contribution in [0.3, 0.4) is 0 Å². The third kappa shape index (κ3) is 0.669. The molecule has 4 rings (SSSR count). The van der Waals surface area contributed by atoms with E-state index in [0.717, 1.165) is 11.6 Å². The Morgan fingerprint density at radius 1 is 1.33 bits per heavy atom. The number of aromatic nitrogens is 1. The molecule has 2 bridgehead atoms. The van der Waals surface area contributed by atoms with E-state index in [4.69, 9.17) is 0 Å². The summed E-state index contributed by atoms with van der Waals surface area (Å²) in [6, 6.07) is 4.40. The normalized spacial score (nSPS) is 36.9. The minimum Gasteiger partial charge on any atom is -0.261 e. The standard InChI is InChI=1S/C11H13N/c1-8-2-3-10(7-12-8)11-4-9(5-11)6-11/h2-3,7,9H,4-6H2,1H3. The molecule has 1 heteroatoms. The monoisotopic (exact) mass is 159 g/mol. The van der Waals surface area contributed by atoms with Crippen LogP contribution < -0.4 is 0 Å². The van der Waals surface area contributed by atoms with Gasteiger partial charge in [0.2, 0.25) is 0 Å². The van der Waals surface area contributed by atoms with Crippen LogP contribution in [0.2, 0.25) is 0 Å². The van der Waals surface area contributed by atoms with Crippen LogP contribution in [-0.4, -0.2) is 4.98 Å². The van der Waals surface area contributed by atoms with E-state index >= 15 is 0 Å². The Balaban J connectivity index is 1.96. The van der Waals surface area contributed by atoms with Crippen LogP contribution in [0.5, 0.6) is 0 Å². The molecule has 0 atom stereocenters. The molecule has 0 aromatic carbocycles. The van der Waals surface area contributed by atoms with Gasteiger partial charge in [0, 0.05) is 11.9 Å². The van der Waals surface area contributed by atoms with Crippen LogP contribution in [0.1, 0.15) is 30.5 Å². The maximum Gasteiger partial charge on any atom is 0.0372 e. The van der Waals surface area contributed by atoms with Gasteiger partial charge in [-0.15, -0.1) is 0 Å². The summed E-state index contributed by atoms with van der Waals surface area (Å²) in [4.78, 5) is 4.35. The van der Waals surface area contributed by atoms with Crippen LogP contribution in [0.25, 0.3) is 0 Å². The molecular formula is C11H13N. The Bertz CT molecular complexity index is 295. The summed E-state index contributed by atoms with van der Waals surface area (Å²) in [6.07, 6.45) is 6.36. The zero-order valence-corrected chi connectivity index (χ0v) is 7.38. The summed E-state index contributed by atoms with van der Waals surface area (Å²) in [6.45, 7) is 2.05. The van der Waals surface area contributed by atoms with Crippen LogP contribution in [-0.2, 0) is 5.41 Å². The average molecular weight is 159 g/mol. The second kappa shape index (κ2) is 1.90. The highest BCUT2D eigenvalue weighted by atomic mass is 14.7. The van der Waals surface area contributed by atoms with Gasteiger partial charge in [0.05, 0.1) is 0 Å². The molecule has 0 saturated heterocycles. The van der Waals surface area contributed by atoms with Crippen LogP contribution >= 0.6 is 0 Å². The fourth-order valence-corrected chi connectivity index (χ4v) is 2.61. The average Bonchev–Trinajstić information content (AvgIpc) is 1.87. The number of hydrogen-bond donors (Lipinski definition) is 0. The van der Waals surface area contributed by atoms with Crippen molar-refractivity contribution in [2.75, 3.05) is 0 Å². The Labute approximate surface area is 72.8 Å². The van der Waals surface area contributed by atoms with E-state index < -0.39 is 0 Å². The van der Waals surface area contributed by atoms with Gasteiger partial charge in [-0.1, -0.05) is 6.07 Å². The predicted octanol–water partition coefficient (Wildman–Crippen LogP) is 2.44. The van der Waals surface area contributed by atoms with Crippen molar-refractivity contribution in [3.8, 4) is 0 Å². The lowest BCUT2D eigenvalue weighted by Crippen LogP contribution is -2.55. The van der Waals surface area contributed by atoms with Crippen molar-refractivity contribution in [1.82, 2.24) is 4.98 Å². The molecule has 1 nitrogen and oxygen atoms in total. The zero-order chi connectivity index (χ0) is 8.18. The van der Waals surface area contributed by atoms with Crippen molar-refractivity contribution >= 4 is 0 Å². The highest BCUT2D eigenvalue weighted by Gasteiger charge is 2.57. The fraction of sp³-hybridized carbons (Fsp3) is 0.545. The van der Waals surface area contributed by atoms with Gasteiger partial charge in [-0.25, -0.2) is 0 Å². The number of rotatable bonds is 1. The van der Waals surface area contributed by atoms with E-state index in [1.54, 1.807) is 0 Å². The van der Waals surface area contributed by atoms with Crippen LogP contribution in [0.15, 0.2) is 18.3 Å². The number of pyridine rings is 1. The van der Waals surface area contributed by atoms with Gasteiger partial charge in [0.15, 0.2) is 0 Å². The third-order valence-corrected chi connectivity index (χ3v) is 3.56. The predicted molar refractivity (Wildman–Crippen MR) is 48.0 cm³/mol. The molecule has 3 fully saturated rings. The van der Waals surface area contributed by atoms with Crippen molar-refractivity contribution in [3.05, 3.63) is 29.6 Å². The molecule has 3 saturated carbocycles. The smallest absolute Gasteiger partial charge is 0.0372 e. The quantitative estimate of drug-likeness (QED) is 0.613. The Morgan fingerprint density at radius 2 is 2.08 bits per heavy atom. The summed E-state index contributed by atoms with van der Waals surface area (Å²) in [5, 5.41) is 0. The first-order valence-electron chi connectivity index (χ1n) is 4.72. The SMILES string of the molecule is Cc1ccc(C23CC(C2)C3)cn1. The minimum absolute atomic E-state index is 0.589. The Morgan fingerprint density at radius 3 is 2.50 bits per heavy atom. The lowest BCUT2D eigenvalue weighted by atomic mass is 9.42. The largest absolute Gasteiger partial charge is 0.261 e. The van der Waals surface area contributed by atoms with E-state index in [1.165, 1.54) is 24.8 Å². The summed E-state index contributed by atoms with van der Waals surface area (Å²) >= 11 is 0. The Kier molecular flexibility index (Phi) is 1.05. The first-order valence-corrected chi connectivity index (χ1v) is 4.72. The number of aryl methyl sites for hydroxylation is 1. The minimum atomic E-state index is 0.589. The highest BCUT2D eigenvalue weighted by molar-refractivity contribution is 5.33. The van der Waals surface area contributed by atoms with Crippen molar-refractivity contribution in [1.29, 1.82) is 0 Å². The molecule has 12 heavy (non-hydrogen) atoms. The summed E-state index contributed by atoms with van der Waals surface area (Å²) in [7, 11) is 0. The molecule has 0 amide bonds. The molecule has 0 N–H and O–H groups in total. The molecule has 3 aliphatic carbocycles. The van der Waals surface area contributed by atoms with E-state index in [2.05, 4.69) is 23.3 Å². The topological polar surface area (TPSA) is 12.9 Å². The maximum atomic E-state index is 4.35. The second-order valence-corrected chi connectivity index (χ2v) is 4.45. The van der Waals surface area contributed by atoms with Gasteiger partial charge in [-0.05, 0) is 49.1 Å². The second-order valence-electron chi connectivity index (χ2n) is 4.45. The van der Waals surface area contributed by atoms with Crippen LogP contribution in [0, 0.1) is 12.8 Å². The first kappa shape index (κ1) is 6.64. The Hall–Kier alpha value is -0.850. The van der Waals surface area contributed by atoms with Crippen molar-refractivity contribution in [2.24, 2.45) is 5.92 Å². The van der Waals surface area contributed by atoms with Gasteiger partial charge in [-0.3, -0.25) is 4.98 Å². The van der Waals surface area contributed by atoms with Gasteiger partial charge >= 0.3 is 0 Å². The van der Waals surface area contributed by atoms with Crippen LogP contribution in [0.4, 0.5) is 0 Å². The van der Waals surface area contributed by atoms with Gasteiger partial charge in [0.25, 0.3) is 0 Å². The van der Waals surface area contributed by atoms with Crippen molar-refractivity contribution in [3.63, 3.8) is 0 Å². The van der Waals surface area contributed by atoms with E-state index in [9.17, 15) is 0 Å². The molecular weight excluding hydrogens is 146 g/mol. The molecule has 62 valence electrons. The van der Waals surface area contributed by atoms with Gasteiger partial charge in [-0.2, -0.15) is 0 Å². The molecule has 1 aromatic rings. The molecule has 0 radical (unpaired) electrons. The maximum absolute atomic E-state index is 4.35. The van der Waals surface area contributed by atoms with E-state index in [1.807, 2.05) is 6.92 Å². The number of nitrogens with zero attached hydrogens (tertiary/aromatic N) is 1. The molecule has 0 aliphatic heterocycles. The lowest BCUT2D eigenvalue weighted by Gasteiger charge is -2.62. The zero-order valence-electron chi connectivity index (χ0n) is 7.38. The molecule has 3 aliphatic rings. The summed E-state index contributed by atoms with van der Waals surface area (Å²) in [5.74, 6) is 1.06. The lowest BCUT2D eigenvalue weighted by molar-refractivity contribution is -0.0276. The first-order chi connectivity index (χ1) is 5.78. The molecule has 1 heterocycles. The van der Waals surface area contributed by atoms with Crippen molar-refractivity contribution < 1.29 is 0 Å². The summed E-state index contributed by atoms with van der Waals surface area (Å²) in [5.41, 5.74) is 3.20. The third-order valence-electron chi connectivity index (χ3n) is 3.56. The van der Waals surface area contributed by atoms with Gasteiger partial charge < -0.3 is 0 Å². The van der Waals surface area contributed by atoms with Crippen molar-refractivity contribution in [2.45, 2.75) is 31.6 Å². The molecule has 0 spiro atoms. The molecule has 0 unspecified atom stereocenters. The number of hydrogen-bond acceptors (Lipinski definition) is 1. The van der Waals surface area contributed by atoms with E-state index in [-0.39, 0.29) is 0 Å². The molecule has 1 aromatic heterocycles. The summed E-state index contributed by atoms with van der Waals surface area (Å²) < 4.78 is 0. The fourth-order valence-electron chi connectivity index (χ4n) is 2.61.